The van der Waals surface area contributed by atoms with E-state index < -0.39 is 12.1 Å². The summed E-state index contributed by atoms with van der Waals surface area (Å²) in [5, 5.41) is 14.4. The maximum Gasteiger partial charge on any atom is 0.407 e. The fourth-order valence-corrected chi connectivity index (χ4v) is 4.19. The number of carbonyl (C=O) groups excluding carboxylic acids is 2. The molecule has 1 aliphatic rings. The van der Waals surface area contributed by atoms with Crippen molar-refractivity contribution in [1.29, 1.82) is 0 Å². The number of fused-ring (bicyclic) bond motifs is 3. The minimum atomic E-state index is -0.928. The van der Waals surface area contributed by atoms with E-state index in [0.717, 1.165) is 0 Å². The van der Waals surface area contributed by atoms with Gasteiger partial charge in [0.15, 0.2) is 0 Å². The predicted octanol–water partition coefficient (Wildman–Crippen LogP) is 4.31. The van der Waals surface area contributed by atoms with Gasteiger partial charge in [-0.05, 0) is 41.0 Å². The van der Waals surface area contributed by atoms with E-state index in [2.05, 4.69) is 34.9 Å². The van der Waals surface area contributed by atoms with Crippen molar-refractivity contribution >= 4 is 18.0 Å². The average molecular weight is 453 g/mol. The van der Waals surface area contributed by atoms with E-state index in [-0.39, 0.29) is 43.2 Å². The summed E-state index contributed by atoms with van der Waals surface area (Å²) in [6, 6.07) is 16.0. The first-order valence-electron chi connectivity index (χ1n) is 11.5. The van der Waals surface area contributed by atoms with Gasteiger partial charge in [-0.1, -0.05) is 62.4 Å². The molecule has 2 unspecified atom stereocenters. The zero-order chi connectivity index (χ0) is 23.8. The second-order valence-corrected chi connectivity index (χ2v) is 8.62. The summed E-state index contributed by atoms with van der Waals surface area (Å²) < 4.78 is 5.53. The fraction of sp³-hybridized carbons (Fsp3) is 0.423. The highest BCUT2D eigenvalue weighted by Crippen LogP contribution is 2.44. The van der Waals surface area contributed by atoms with Crippen molar-refractivity contribution in [3.05, 3.63) is 59.7 Å². The minimum absolute atomic E-state index is 0.0154. The van der Waals surface area contributed by atoms with Crippen LogP contribution in [0.3, 0.4) is 0 Å². The molecule has 7 nitrogen and oxygen atoms in total. The Labute approximate surface area is 194 Å². The fourth-order valence-electron chi connectivity index (χ4n) is 4.19. The normalized spacial score (nSPS) is 14.0. The van der Waals surface area contributed by atoms with Crippen LogP contribution in [0.2, 0.25) is 0 Å². The van der Waals surface area contributed by atoms with Crippen LogP contribution in [0.15, 0.2) is 48.5 Å². The van der Waals surface area contributed by atoms with Crippen LogP contribution in [0.1, 0.15) is 56.6 Å². The second kappa shape index (κ2) is 11.5. The van der Waals surface area contributed by atoms with Gasteiger partial charge in [-0.2, -0.15) is 0 Å². The maximum atomic E-state index is 12.3. The highest BCUT2D eigenvalue weighted by Gasteiger charge is 2.29. The number of benzene rings is 2. The summed E-state index contributed by atoms with van der Waals surface area (Å²) >= 11 is 0. The summed E-state index contributed by atoms with van der Waals surface area (Å²) in [5.41, 5.74) is 4.70. The summed E-state index contributed by atoms with van der Waals surface area (Å²) in [4.78, 5) is 35.2. The first kappa shape index (κ1) is 24.3. The average Bonchev–Trinajstić information content (AvgIpc) is 3.13. The quantitative estimate of drug-likeness (QED) is 0.471. The highest BCUT2D eigenvalue weighted by molar-refractivity contribution is 5.79. The van der Waals surface area contributed by atoms with E-state index >= 15 is 0 Å². The van der Waals surface area contributed by atoms with Crippen molar-refractivity contribution in [1.82, 2.24) is 10.6 Å². The number of aliphatic carboxylic acids is 1. The van der Waals surface area contributed by atoms with Gasteiger partial charge in [0.1, 0.15) is 6.61 Å². The van der Waals surface area contributed by atoms with Crippen molar-refractivity contribution in [3.63, 3.8) is 0 Å². The van der Waals surface area contributed by atoms with Crippen LogP contribution >= 0.6 is 0 Å². The summed E-state index contributed by atoms with van der Waals surface area (Å²) in [7, 11) is 0. The minimum Gasteiger partial charge on any atom is -0.481 e. The molecule has 176 valence electrons. The van der Waals surface area contributed by atoms with Crippen molar-refractivity contribution < 1.29 is 24.2 Å². The number of carboxylic acid groups (broad SMARTS) is 1. The highest BCUT2D eigenvalue weighted by atomic mass is 16.5. The Morgan fingerprint density at radius 1 is 1.03 bits per heavy atom. The molecule has 0 radical (unpaired) electrons. The Morgan fingerprint density at radius 3 is 2.21 bits per heavy atom. The van der Waals surface area contributed by atoms with E-state index in [0.29, 0.717) is 19.4 Å². The summed E-state index contributed by atoms with van der Waals surface area (Å²) in [6.45, 7) is 4.45. The molecule has 2 aromatic rings. The van der Waals surface area contributed by atoms with E-state index in [1.165, 1.54) is 22.3 Å². The SMILES string of the molecule is CCC(CC(=O)O)NC(=O)CCC(C)CNC(=O)OCC1c2ccccc2-c2ccccc21. The summed E-state index contributed by atoms with van der Waals surface area (Å²) in [6.07, 6.45) is 0.876. The lowest BCUT2D eigenvalue weighted by molar-refractivity contribution is -0.137. The van der Waals surface area contributed by atoms with Crippen LogP contribution in [0.5, 0.6) is 0 Å². The molecule has 3 rings (SSSR count). The van der Waals surface area contributed by atoms with Gasteiger partial charge < -0.3 is 20.5 Å². The molecule has 7 heteroatoms. The number of carbonyl (C=O) groups is 3. The Hall–Kier alpha value is -3.35. The third-order valence-corrected chi connectivity index (χ3v) is 6.08. The van der Waals surface area contributed by atoms with Crippen molar-refractivity contribution in [2.75, 3.05) is 13.2 Å². The smallest absolute Gasteiger partial charge is 0.407 e. The Morgan fingerprint density at radius 2 is 1.64 bits per heavy atom. The standard InChI is InChI=1S/C26H32N2O5/c1-3-18(14-25(30)31)28-24(29)13-12-17(2)15-27-26(32)33-16-23-21-10-6-4-8-19(21)20-9-5-7-11-22(20)23/h4-11,17-18,23H,3,12-16H2,1-2H3,(H,27,32)(H,28,29)(H,30,31). The molecule has 2 atom stereocenters. The molecule has 0 saturated heterocycles. The molecule has 33 heavy (non-hydrogen) atoms. The van der Waals surface area contributed by atoms with E-state index in [1.807, 2.05) is 38.1 Å². The van der Waals surface area contributed by atoms with Gasteiger partial charge in [-0.15, -0.1) is 0 Å². The van der Waals surface area contributed by atoms with Crippen molar-refractivity contribution in [2.24, 2.45) is 5.92 Å². The number of nitrogens with one attached hydrogen (secondary N) is 2. The molecular formula is C26H32N2O5. The van der Waals surface area contributed by atoms with Crippen LogP contribution in [0.25, 0.3) is 11.1 Å². The lowest BCUT2D eigenvalue weighted by atomic mass is 9.98. The van der Waals surface area contributed by atoms with Crippen molar-refractivity contribution in [2.45, 2.75) is 51.5 Å². The zero-order valence-corrected chi connectivity index (χ0v) is 19.2. The first-order chi connectivity index (χ1) is 15.9. The number of amides is 2. The Kier molecular flexibility index (Phi) is 8.46. The molecular weight excluding hydrogens is 420 g/mol. The van der Waals surface area contributed by atoms with Crippen LogP contribution < -0.4 is 10.6 Å². The zero-order valence-electron chi connectivity index (χ0n) is 19.2. The number of rotatable bonds is 11. The van der Waals surface area contributed by atoms with Gasteiger partial charge in [0.2, 0.25) is 5.91 Å². The number of alkyl carbamates (subject to hydrolysis) is 1. The maximum absolute atomic E-state index is 12.3. The van der Waals surface area contributed by atoms with Crippen LogP contribution in [-0.2, 0) is 14.3 Å². The molecule has 3 N–H and O–H groups in total. The van der Waals surface area contributed by atoms with Gasteiger partial charge in [-0.25, -0.2) is 4.79 Å². The first-order valence-corrected chi connectivity index (χ1v) is 11.5. The van der Waals surface area contributed by atoms with Gasteiger partial charge in [0, 0.05) is 24.9 Å². The second-order valence-electron chi connectivity index (χ2n) is 8.62. The van der Waals surface area contributed by atoms with Crippen molar-refractivity contribution in [3.8, 4) is 11.1 Å². The number of hydrogen-bond donors (Lipinski definition) is 3. The Balaban J connectivity index is 1.41. The molecule has 0 aliphatic heterocycles. The molecule has 0 spiro atoms. The van der Waals surface area contributed by atoms with Gasteiger partial charge in [-0.3, -0.25) is 9.59 Å². The van der Waals surface area contributed by atoms with Gasteiger partial charge >= 0.3 is 12.1 Å². The van der Waals surface area contributed by atoms with Crippen LogP contribution in [-0.4, -0.2) is 42.3 Å². The number of hydrogen-bond acceptors (Lipinski definition) is 4. The third kappa shape index (κ3) is 6.57. The van der Waals surface area contributed by atoms with Crippen LogP contribution in [0, 0.1) is 5.92 Å². The molecule has 2 amide bonds. The largest absolute Gasteiger partial charge is 0.481 e. The van der Waals surface area contributed by atoms with Crippen LogP contribution in [0.4, 0.5) is 4.79 Å². The van der Waals surface area contributed by atoms with Gasteiger partial charge in [0.25, 0.3) is 0 Å². The van der Waals surface area contributed by atoms with E-state index in [9.17, 15) is 14.4 Å². The van der Waals surface area contributed by atoms with E-state index in [4.69, 9.17) is 9.84 Å². The molecule has 0 heterocycles. The third-order valence-electron chi connectivity index (χ3n) is 6.08. The molecule has 0 saturated carbocycles. The topological polar surface area (TPSA) is 105 Å². The molecule has 0 bridgehead atoms. The van der Waals surface area contributed by atoms with E-state index in [1.54, 1.807) is 0 Å². The summed E-state index contributed by atoms with van der Waals surface area (Å²) in [5.74, 6) is -1.00. The molecule has 1 aliphatic carbocycles. The van der Waals surface area contributed by atoms with Gasteiger partial charge in [0.05, 0.1) is 6.42 Å². The number of ether oxygens (including phenoxy) is 1. The lowest BCUT2D eigenvalue weighted by Crippen LogP contribution is -2.36. The lowest BCUT2D eigenvalue weighted by Gasteiger charge is -2.17. The monoisotopic (exact) mass is 452 g/mol. The molecule has 0 aromatic heterocycles. The Bertz CT molecular complexity index is 945. The predicted molar refractivity (Wildman–Crippen MR) is 126 cm³/mol. The molecule has 0 fully saturated rings. The molecule has 2 aromatic carbocycles. The number of carboxylic acids is 1.